The van der Waals surface area contributed by atoms with Gasteiger partial charge in [0.15, 0.2) is 5.16 Å². The highest BCUT2D eigenvalue weighted by Gasteiger charge is 2.09. The van der Waals surface area contributed by atoms with E-state index < -0.39 is 0 Å². The van der Waals surface area contributed by atoms with Gasteiger partial charge in [-0.25, -0.2) is 4.98 Å². The fraction of sp³-hybridized carbons (Fsp3) is 0.385. The Morgan fingerprint density at radius 1 is 1.22 bits per heavy atom. The molecule has 0 radical (unpaired) electrons. The lowest BCUT2D eigenvalue weighted by molar-refractivity contribution is 0.443. The van der Waals surface area contributed by atoms with E-state index in [1.807, 2.05) is 0 Å². The topological polar surface area (TPSA) is 53.6 Å². The van der Waals surface area contributed by atoms with Crippen LogP contribution < -0.4 is 5.32 Å². The predicted molar refractivity (Wildman–Crippen MR) is 74.9 cm³/mol. The lowest BCUT2D eigenvalue weighted by Crippen LogP contribution is -2.18. The molecule has 1 heterocycles. The maximum atomic E-state index is 4.08. The number of benzene rings is 1. The summed E-state index contributed by atoms with van der Waals surface area (Å²) in [4.78, 5) is 5.23. The van der Waals surface area contributed by atoms with E-state index in [2.05, 4.69) is 65.5 Å². The van der Waals surface area contributed by atoms with Crippen molar-refractivity contribution in [3.63, 3.8) is 0 Å². The van der Waals surface area contributed by atoms with Crippen molar-refractivity contribution in [2.45, 2.75) is 30.8 Å². The monoisotopic (exact) mass is 262 g/mol. The summed E-state index contributed by atoms with van der Waals surface area (Å²) in [6, 6.07) is 8.34. The first-order valence-corrected chi connectivity index (χ1v) is 6.72. The molecule has 0 spiro atoms. The van der Waals surface area contributed by atoms with Crippen molar-refractivity contribution in [2.75, 3.05) is 11.9 Å². The van der Waals surface area contributed by atoms with Gasteiger partial charge in [-0.2, -0.15) is 5.10 Å². The molecule has 0 bridgehead atoms. The Hall–Kier alpha value is -1.49. The van der Waals surface area contributed by atoms with Gasteiger partial charge in [-0.3, -0.25) is 5.10 Å². The molecule has 0 unspecified atom stereocenters. The second-order valence-corrected chi connectivity index (χ2v) is 6.39. The average molecular weight is 262 g/mol. The van der Waals surface area contributed by atoms with E-state index in [-0.39, 0.29) is 5.41 Å². The lowest BCUT2D eigenvalue weighted by Gasteiger charge is -2.19. The van der Waals surface area contributed by atoms with Gasteiger partial charge in [0.05, 0.1) is 0 Å². The van der Waals surface area contributed by atoms with Crippen LogP contribution in [-0.4, -0.2) is 21.7 Å². The molecule has 0 fully saturated rings. The molecule has 5 heteroatoms. The highest BCUT2D eigenvalue weighted by Crippen LogP contribution is 2.25. The van der Waals surface area contributed by atoms with E-state index in [1.54, 1.807) is 11.8 Å². The quantitative estimate of drug-likeness (QED) is 0.886. The zero-order valence-electron chi connectivity index (χ0n) is 10.9. The van der Waals surface area contributed by atoms with Crippen LogP contribution in [0.3, 0.4) is 0 Å². The van der Waals surface area contributed by atoms with Crippen LogP contribution in [0.4, 0.5) is 5.69 Å². The summed E-state index contributed by atoms with van der Waals surface area (Å²) < 4.78 is 0. The second kappa shape index (κ2) is 5.44. The number of nitrogens with one attached hydrogen (secondary N) is 2. The Balaban J connectivity index is 1.93. The number of aromatic amines is 1. The van der Waals surface area contributed by atoms with Gasteiger partial charge in [-0.05, 0) is 29.7 Å². The Labute approximate surface area is 112 Å². The van der Waals surface area contributed by atoms with Crippen molar-refractivity contribution in [2.24, 2.45) is 5.41 Å². The summed E-state index contributed by atoms with van der Waals surface area (Å²) in [6.45, 7) is 7.61. The maximum absolute atomic E-state index is 4.08. The fourth-order valence-electron chi connectivity index (χ4n) is 1.36. The molecule has 96 valence electrons. The number of hydrogen-bond acceptors (Lipinski definition) is 4. The third-order valence-corrected chi connectivity index (χ3v) is 3.18. The molecule has 0 amide bonds. The first-order chi connectivity index (χ1) is 8.53. The van der Waals surface area contributed by atoms with Crippen LogP contribution in [0, 0.1) is 5.41 Å². The highest BCUT2D eigenvalue weighted by molar-refractivity contribution is 7.99. The van der Waals surface area contributed by atoms with Gasteiger partial charge in [-0.15, -0.1) is 0 Å². The molecule has 0 aliphatic carbocycles. The van der Waals surface area contributed by atoms with Gasteiger partial charge in [0.2, 0.25) is 0 Å². The van der Waals surface area contributed by atoms with Crippen molar-refractivity contribution in [1.29, 1.82) is 0 Å². The molecular weight excluding hydrogens is 244 g/mol. The normalized spacial score (nSPS) is 11.5. The molecule has 1 aromatic carbocycles. The van der Waals surface area contributed by atoms with E-state index in [0.717, 1.165) is 22.3 Å². The molecule has 0 saturated carbocycles. The number of hydrogen-bond donors (Lipinski definition) is 2. The van der Waals surface area contributed by atoms with E-state index in [1.165, 1.54) is 6.33 Å². The Bertz CT molecular complexity index is 471. The molecule has 0 aliphatic heterocycles. The first kappa shape index (κ1) is 13.0. The van der Waals surface area contributed by atoms with Gasteiger partial charge in [0, 0.05) is 17.1 Å². The summed E-state index contributed by atoms with van der Waals surface area (Å²) in [5, 5.41) is 10.9. The first-order valence-electron chi connectivity index (χ1n) is 5.90. The van der Waals surface area contributed by atoms with E-state index >= 15 is 0 Å². The Kier molecular flexibility index (Phi) is 3.91. The molecule has 2 aromatic rings. The number of nitrogens with zero attached hydrogens (tertiary/aromatic N) is 2. The van der Waals surface area contributed by atoms with Crippen LogP contribution >= 0.6 is 11.8 Å². The summed E-state index contributed by atoms with van der Waals surface area (Å²) in [5.41, 5.74) is 1.43. The molecule has 0 saturated heterocycles. The lowest BCUT2D eigenvalue weighted by atomic mass is 9.97. The number of aromatic nitrogens is 3. The second-order valence-electron chi connectivity index (χ2n) is 5.33. The average Bonchev–Trinajstić information content (AvgIpc) is 2.80. The molecule has 1 aromatic heterocycles. The van der Waals surface area contributed by atoms with E-state index in [0.29, 0.717) is 0 Å². The smallest absolute Gasteiger partial charge is 0.188 e. The van der Waals surface area contributed by atoms with Gasteiger partial charge in [0.1, 0.15) is 6.33 Å². The number of H-pyrrole nitrogens is 1. The largest absolute Gasteiger partial charge is 0.385 e. The molecule has 0 aliphatic rings. The van der Waals surface area contributed by atoms with E-state index in [9.17, 15) is 0 Å². The summed E-state index contributed by atoms with van der Waals surface area (Å²) in [6.07, 6.45) is 1.52. The third-order valence-electron chi connectivity index (χ3n) is 2.28. The zero-order chi connectivity index (χ0) is 13.0. The molecule has 0 atom stereocenters. The SMILES string of the molecule is CC(C)(C)CNc1ccc(Sc2ncn[nH]2)cc1. The molecule has 2 N–H and O–H groups in total. The molecular formula is C13H18N4S. The van der Waals surface area contributed by atoms with Crippen LogP contribution in [-0.2, 0) is 0 Å². The van der Waals surface area contributed by atoms with Crippen LogP contribution in [0.5, 0.6) is 0 Å². The standard InChI is InChI=1S/C13H18N4S/c1-13(2,3)8-14-10-4-6-11(7-5-10)18-12-15-9-16-17-12/h4-7,9,14H,8H2,1-3H3,(H,15,16,17). The van der Waals surface area contributed by atoms with Crippen molar-refractivity contribution >= 4 is 17.4 Å². The Morgan fingerprint density at radius 3 is 2.50 bits per heavy atom. The minimum Gasteiger partial charge on any atom is -0.385 e. The Morgan fingerprint density at radius 2 is 1.94 bits per heavy atom. The predicted octanol–water partition coefficient (Wildman–Crippen LogP) is 3.41. The number of rotatable bonds is 4. The van der Waals surface area contributed by atoms with Crippen LogP contribution in [0.15, 0.2) is 40.6 Å². The zero-order valence-corrected chi connectivity index (χ0v) is 11.7. The van der Waals surface area contributed by atoms with Crippen molar-refractivity contribution in [3.05, 3.63) is 30.6 Å². The maximum Gasteiger partial charge on any atom is 0.188 e. The fourth-order valence-corrected chi connectivity index (χ4v) is 2.06. The van der Waals surface area contributed by atoms with Crippen LogP contribution in [0.25, 0.3) is 0 Å². The van der Waals surface area contributed by atoms with Gasteiger partial charge in [-0.1, -0.05) is 32.5 Å². The van der Waals surface area contributed by atoms with Crippen molar-refractivity contribution in [1.82, 2.24) is 15.2 Å². The van der Waals surface area contributed by atoms with Gasteiger partial charge in [0.25, 0.3) is 0 Å². The van der Waals surface area contributed by atoms with Crippen molar-refractivity contribution < 1.29 is 0 Å². The highest BCUT2D eigenvalue weighted by atomic mass is 32.2. The minimum atomic E-state index is 0.285. The van der Waals surface area contributed by atoms with Gasteiger partial charge >= 0.3 is 0 Å². The van der Waals surface area contributed by atoms with Crippen LogP contribution in [0.2, 0.25) is 0 Å². The molecule has 2 rings (SSSR count). The summed E-state index contributed by atoms with van der Waals surface area (Å²) in [5.74, 6) is 0. The molecule has 18 heavy (non-hydrogen) atoms. The van der Waals surface area contributed by atoms with Crippen LogP contribution in [0.1, 0.15) is 20.8 Å². The molecule has 4 nitrogen and oxygen atoms in total. The van der Waals surface area contributed by atoms with Gasteiger partial charge < -0.3 is 5.32 Å². The van der Waals surface area contributed by atoms with Crippen molar-refractivity contribution in [3.8, 4) is 0 Å². The third kappa shape index (κ3) is 4.07. The summed E-state index contributed by atoms with van der Waals surface area (Å²) in [7, 11) is 0. The number of anilines is 1. The van der Waals surface area contributed by atoms with E-state index in [4.69, 9.17) is 0 Å². The minimum absolute atomic E-state index is 0.285. The summed E-state index contributed by atoms with van der Waals surface area (Å²) >= 11 is 1.57.